The number of amides is 2. The van der Waals surface area contributed by atoms with Crippen molar-refractivity contribution in [2.45, 2.75) is 45.2 Å². The Morgan fingerprint density at radius 3 is 2.26 bits per heavy atom. The molecule has 31 heavy (non-hydrogen) atoms. The van der Waals surface area contributed by atoms with E-state index < -0.39 is 24.9 Å². The number of hydrogen-bond acceptors (Lipinski definition) is 4. The lowest BCUT2D eigenvalue weighted by atomic mass is 10.0. The number of carbonyl (C=O) groups is 2. The number of alkyl halides is 2. The van der Waals surface area contributed by atoms with Crippen LogP contribution in [0, 0.1) is 0 Å². The first-order valence-corrected chi connectivity index (χ1v) is 11.3. The van der Waals surface area contributed by atoms with Crippen molar-refractivity contribution < 1.29 is 18.4 Å². The number of hydrogen-bond donors (Lipinski definition) is 0. The molecule has 0 aliphatic carbocycles. The molecule has 2 heterocycles. The summed E-state index contributed by atoms with van der Waals surface area (Å²) in [5.41, 5.74) is 0.592. The second-order valence-electron chi connectivity index (χ2n) is 8.42. The van der Waals surface area contributed by atoms with Crippen LogP contribution in [0.5, 0.6) is 0 Å². The molecule has 2 fully saturated rings. The normalized spacial score (nSPS) is 21.4. The van der Waals surface area contributed by atoms with E-state index in [0.29, 0.717) is 31.7 Å². The Bertz CT molecular complexity index is 751. The summed E-state index contributed by atoms with van der Waals surface area (Å²) >= 11 is 0. The molecule has 1 aromatic rings. The Kier molecular flexibility index (Phi) is 7.64. The number of likely N-dealkylation sites (N-methyl/N-ethyl adjacent to an activating group) is 2. The Labute approximate surface area is 183 Å². The number of nitrogens with zero attached hydrogens (tertiary/aromatic N) is 4. The third kappa shape index (κ3) is 5.41. The molecule has 6 nitrogen and oxygen atoms in total. The summed E-state index contributed by atoms with van der Waals surface area (Å²) in [5, 5.41) is 0. The van der Waals surface area contributed by atoms with Crippen molar-refractivity contribution >= 4 is 11.8 Å². The maximum absolute atomic E-state index is 14.3. The number of likely N-dealkylation sites (tertiary alicyclic amines) is 2. The topological polar surface area (TPSA) is 47.1 Å². The molecule has 2 aliphatic rings. The van der Waals surface area contributed by atoms with Crippen LogP contribution >= 0.6 is 0 Å². The minimum atomic E-state index is -2.89. The molecule has 0 N–H and O–H groups in total. The highest BCUT2D eigenvalue weighted by Gasteiger charge is 2.53. The van der Waals surface area contributed by atoms with Crippen molar-refractivity contribution in [1.29, 1.82) is 0 Å². The monoisotopic (exact) mass is 436 g/mol. The van der Waals surface area contributed by atoms with Crippen molar-refractivity contribution in [2.24, 2.45) is 0 Å². The van der Waals surface area contributed by atoms with Crippen LogP contribution < -0.4 is 0 Å². The molecule has 0 spiro atoms. The van der Waals surface area contributed by atoms with Crippen molar-refractivity contribution in [3.63, 3.8) is 0 Å². The smallest absolute Gasteiger partial charge is 0.262 e. The molecule has 1 atom stereocenters. The minimum Gasteiger partial charge on any atom is -0.340 e. The first kappa shape index (κ1) is 23.6. The van der Waals surface area contributed by atoms with Crippen LogP contribution in [0.4, 0.5) is 8.78 Å². The third-order valence-electron chi connectivity index (χ3n) is 6.50. The van der Waals surface area contributed by atoms with Crippen molar-refractivity contribution in [3.8, 4) is 0 Å². The molecule has 2 aliphatic heterocycles. The van der Waals surface area contributed by atoms with Gasteiger partial charge in [0.25, 0.3) is 11.8 Å². The lowest BCUT2D eigenvalue weighted by Crippen LogP contribution is -2.64. The summed E-state index contributed by atoms with van der Waals surface area (Å²) in [6.45, 7) is 9.91. The summed E-state index contributed by atoms with van der Waals surface area (Å²) in [6, 6.07) is 7.91. The van der Waals surface area contributed by atoms with Gasteiger partial charge in [0.2, 0.25) is 5.91 Å². The van der Waals surface area contributed by atoms with Gasteiger partial charge in [-0.1, -0.05) is 32.0 Å². The molecule has 0 radical (unpaired) electrons. The van der Waals surface area contributed by atoms with Gasteiger partial charge in [-0.05, 0) is 32.1 Å². The summed E-state index contributed by atoms with van der Waals surface area (Å²) in [5.74, 6) is -3.21. The SMILES string of the molecule is CCN(CC)CCN(CC)C(=O)[C@@H]1CC(F)(F)CN1C1CN(C(=O)c2ccccc2)C1. The number of benzene rings is 1. The first-order chi connectivity index (χ1) is 14.8. The molecule has 2 saturated heterocycles. The molecule has 0 unspecified atom stereocenters. The summed E-state index contributed by atoms with van der Waals surface area (Å²) in [6.07, 6.45) is -0.448. The fourth-order valence-corrected chi connectivity index (χ4v) is 4.49. The summed E-state index contributed by atoms with van der Waals surface area (Å²) in [7, 11) is 0. The van der Waals surface area contributed by atoms with E-state index >= 15 is 0 Å². The van der Waals surface area contributed by atoms with E-state index in [2.05, 4.69) is 18.7 Å². The molecular weight excluding hydrogens is 402 g/mol. The zero-order chi connectivity index (χ0) is 22.6. The zero-order valence-corrected chi connectivity index (χ0v) is 18.8. The van der Waals surface area contributed by atoms with Gasteiger partial charge in [0, 0.05) is 50.7 Å². The minimum absolute atomic E-state index is 0.0971. The van der Waals surface area contributed by atoms with Gasteiger partial charge in [0.05, 0.1) is 12.6 Å². The molecule has 0 aromatic heterocycles. The van der Waals surface area contributed by atoms with Gasteiger partial charge in [0.15, 0.2) is 0 Å². The molecule has 0 saturated carbocycles. The van der Waals surface area contributed by atoms with E-state index in [4.69, 9.17) is 0 Å². The molecule has 172 valence electrons. The summed E-state index contributed by atoms with van der Waals surface area (Å²) < 4.78 is 28.7. The number of halogens is 2. The second kappa shape index (κ2) is 10.0. The molecule has 8 heteroatoms. The summed E-state index contributed by atoms with van der Waals surface area (Å²) in [4.78, 5) is 33.0. The molecule has 2 amide bonds. The van der Waals surface area contributed by atoms with Crippen molar-refractivity contribution in [1.82, 2.24) is 19.6 Å². The highest BCUT2D eigenvalue weighted by molar-refractivity contribution is 5.94. The fraction of sp³-hybridized carbons (Fsp3) is 0.652. The van der Waals surface area contributed by atoms with Crippen molar-refractivity contribution in [2.75, 3.05) is 52.4 Å². The van der Waals surface area contributed by atoms with E-state index in [1.54, 1.807) is 39.0 Å². The lowest BCUT2D eigenvalue weighted by molar-refractivity contribution is -0.137. The molecular formula is C23H34F2N4O2. The number of carbonyl (C=O) groups excluding carboxylic acids is 2. The molecule has 0 bridgehead atoms. The van der Waals surface area contributed by atoms with Crippen molar-refractivity contribution in [3.05, 3.63) is 35.9 Å². The largest absolute Gasteiger partial charge is 0.340 e. The second-order valence-corrected chi connectivity index (χ2v) is 8.42. The Hall–Kier alpha value is -2.06. The van der Waals surface area contributed by atoms with Crippen LogP contribution in [-0.2, 0) is 4.79 Å². The van der Waals surface area contributed by atoms with Crippen LogP contribution in [0.3, 0.4) is 0 Å². The van der Waals surface area contributed by atoms with Gasteiger partial charge in [-0.2, -0.15) is 0 Å². The van der Waals surface area contributed by atoms with Gasteiger partial charge < -0.3 is 14.7 Å². The maximum atomic E-state index is 14.3. The average molecular weight is 437 g/mol. The van der Waals surface area contributed by atoms with E-state index in [1.165, 1.54) is 0 Å². The van der Waals surface area contributed by atoms with Gasteiger partial charge >= 0.3 is 0 Å². The van der Waals surface area contributed by atoms with Crippen LogP contribution in [0.2, 0.25) is 0 Å². The van der Waals surface area contributed by atoms with Gasteiger partial charge in [0.1, 0.15) is 0 Å². The van der Waals surface area contributed by atoms with Crippen LogP contribution in [0.25, 0.3) is 0 Å². The Morgan fingerprint density at radius 2 is 1.68 bits per heavy atom. The van der Waals surface area contributed by atoms with E-state index in [0.717, 1.165) is 19.6 Å². The van der Waals surface area contributed by atoms with Crippen LogP contribution in [-0.4, -0.2) is 102 Å². The molecule has 1 aromatic carbocycles. The maximum Gasteiger partial charge on any atom is 0.262 e. The Morgan fingerprint density at radius 1 is 1.03 bits per heavy atom. The quantitative estimate of drug-likeness (QED) is 0.597. The van der Waals surface area contributed by atoms with Gasteiger partial charge in [-0.15, -0.1) is 0 Å². The number of rotatable bonds is 9. The van der Waals surface area contributed by atoms with Gasteiger partial charge in [-0.25, -0.2) is 8.78 Å². The van der Waals surface area contributed by atoms with Crippen LogP contribution in [0.15, 0.2) is 30.3 Å². The van der Waals surface area contributed by atoms with E-state index in [-0.39, 0.29) is 17.9 Å². The first-order valence-electron chi connectivity index (χ1n) is 11.3. The standard InChI is InChI=1S/C23H34F2N4O2/c1-4-26(5-2)12-13-27(6-3)22(31)20-14-23(24,25)17-29(20)19-15-28(16-19)21(30)18-10-8-7-9-11-18/h7-11,19-20H,4-6,12-17H2,1-3H3/t20-/m0/s1. The van der Waals surface area contributed by atoms with Gasteiger partial charge in [-0.3, -0.25) is 14.5 Å². The Balaban J connectivity index is 1.63. The predicted molar refractivity (Wildman–Crippen MR) is 116 cm³/mol. The highest BCUT2D eigenvalue weighted by Crippen LogP contribution is 2.36. The zero-order valence-electron chi connectivity index (χ0n) is 18.8. The van der Waals surface area contributed by atoms with Crippen LogP contribution in [0.1, 0.15) is 37.6 Å². The lowest BCUT2D eigenvalue weighted by Gasteiger charge is -2.46. The fourth-order valence-electron chi connectivity index (χ4n) is 4.49. The average Bonchev–Trinajstić information content (AvgIpc) is 3.05. The molecule has 3 rings (SSSR count). The third-order valence-corrected chi connectivity index (χ3v) is 6.50. The van der Waals surface area contributed by atoms with E-state index in [9.17, 15) is 18.4 Å². The highest BCUT2D eigenvalue weighted by atomic mass is 19.3. The van der Waals surface area contributed by atoms with E-state index in [1.807, 2.05) is 13.0 Å². The predicted octanol–water partition coefficient (Wildman–Crippen LogP) is 2.41.